The van der Waals surface area contributed by atoms with E-state index >= 15 is 0 Å². The molecule has 0 radical (unpaired) electrons. The second-order valence-corrected chi connectivity index (χ2v) is 6.79. The van der Waals surface area contributed by atoms with E-state index in [9.17, 15) is 14.4 Å². The fourth-order valence-electron chi connectivity index (χ4n) is 2.72. The molecule has 0 saturated carbocycles. The third kappa shape index (κ3) is 11.8. The Balaban J connectivity index is 2.14. The van der Waals surface area contributed by atoms with Crippen molar-refractivity contribution in [2.45, 2.75) is 71.8 Å². The number of alkyl carbamates (subject to hydrolysis) is 1. The molecule has 1 heterocycles. The van der Waals surface area contributed by atoms with Gasteiger partial charge in [0.15, 0.2) is 0 Å². The lowest BCUT2D eigenvalue weighted by Gasteiger charge is -2.09. The Morgan fingerprint density at radius 2 is 1.69 bits per heavy atom. The molecule has 1 rings (SSSR count). The number of nitrogens with zero attached hydrogens (tertiary/aromatic N) is 2. The standard InChI is InChI=1S/C20H35N5O4/c1-3-5-6-11-15-25-16-12-17(24-19(25)27)23-18(26)21-13-9-7-8-10-14-22-20(28)29-4-2/h12,16H,3-11,13-15H2,1-2H3,(H,22,28)(H2,21,23,24,26,27). The van der Waals surface area contributed by atoms with Crippen molar-refractivity contribution in [1.82, 2.24) is 20.2 Å². The molecule has 29 heavy (non-hydrogen) atoms. The van der Waals surface area contributed by atoms with Gasteiger partial charge in [0.25, 0.3) is 0 Å². The number of carbonyl (C=O) groups excluding carboxylic acids is 2. The molecule has 1 aromatic heterocycles. The number of amides is 3. The average Bonchev–Trinajstić information content (AvgIpc) is 2.69. The second kappa shape index (κ2) is 15.4. The number of nitrogens with one attached hydrogen (secondary N) is 3. The minimum Gasteiger partial charge on any atom is -0.450 e. The van der Waals surface area contributed by atoms with Crippen molar-refractivity contribution < 1.29 is 14.3 Å². The van der Waals surface area contributed by atoms with E-state index in [1.54, 1.807) is 23.8 Å². The number of carbonyl (C=O) groups is 2. The first-order valence-electron chi connectivity index (χ1n) is 10.6. The smallest absolute Gasteiger partial charge is 0.407 e. The van der Waals surface area contributed by atoms with Crippen molar-refractivity contribution in [1.29, 1.82) is 0 Å². The summed E-state index contributed by atoms with van der Waals surface area (Å²) in [5, 5.41) is 8.01. The van der Waals surface area contributed by atoms with Crippen LogP contribution in [0.1, 0.15) is 65.2 Å². The Labute approximate surface area is 172 Å². The van der Waals surface area contributed by atoms with Crippen molar-refractivity contribution >= 4 is 17.9 Å². The number of unbranched alkanes of at least 4 members (excludes halogenated alkanes) is 6. The van der Waals surface area contributed by atoms with E-state index in [1.165, 1.54) is 0 Å². The summed E-state index contributed by atoms with van der Waals surface area (Å²) in [5.74, 6) is 0.252. The lowest BCUT2D eigenvalue weighted by atomic mass is 10.2. The summed E-state index contributed by atoms with van der Waals surface area (Å²) in [4.78, 5) is 38.9. The largest absolute Gasteiger partial charge is 0.450 e. The number of rotatable bonds is 14. The van der Waals surface area contributed by atoms with Crippen LogP contribution in [0.25, 0.3) is 0 Å². The van der Waals surface area contributed by atoms with Crippen molar-refractivity contribution in [3.8, 4) is 0 Å². The van der Waals surface area contributed by atoms with Crippen LogP contribution in [0, 0.1) is 0 Å². The van der Waals surface area contributed by atoms with Crippen molar-refractivity contribution in [3.63, 3.8) is 0 Å². The van der Waals surface area contributed by atoms with Crippen LogP contribution in [0.4, 0.5) is 15.4 Å². The Bertz CT molecular complexity index is 663. The molecule has 0 unspecified atom stereocenters. The summed E-state index contributed by atoms with van der Waals surface area (Å²) < 4.78 is 6.34. The molecule has 0 atom stereocenters. The van der Waals surface area contributed by atoms with Gasteiger partial charge in [-0.2, -0.15) is 4.98 Å². The van der Waals surface area contributed by atoms with Gasteiger partial charge in [-0.25, -0.2) is 14.4 Å². The van der Waals surface area contributed by atoms with Crippen molar-refractivity contribution in [2.75, 3.05) is 25.0 Å². The van der Waals surface area contributed by atoms with Gasteiger partial charge in [0, 0.05) is 25.8 Å². The van der Waals surface area contributed by atoms with Crippen LogP contribution < -0.4 is 21.6 Å². The Kier molecular flexibility index (Phi) is 13.0. The summed E-state index contributed by atoms with van der Waals surface area (Å²) in [5.41, 5.74) is -0.351. The summed E-state index contributed by atoms with van der Waals surface area (Å²) in [7, 11) is 0. The first-order valence-corrected chi connectivity index (χ1v) is 10.6. The van der Waals surface area contributed by atoms with Gasteiger partial charge in [-0.15, -0.1) is 0 Å². The molecule has 0 aliphatic carbocycles. The Hall–Kier alpha value is -2.58. The quantitative estimate of drug-likeness (QED) is 0.408. The number of aryl methyl sites for hydroxylation is 1. The molecular weight excluding hydrogens is 374 g/mol. The minimum atomic E-state index is -0.386. The normalized spacial score (nSPS) is 10.4. The molecular formula is C20H35N5O4. The Morgan fingerprint density at radius 1 is 1.00 bits per heavy atom. The molecule has 9 heteroatoms. The van der Waals surface area contributed by atoms with Crippen LogP contribution in [0.2, 0.25) is 0 Å². The molecule has 9 nitrogen and oxygen atoms in total. The van der Waals surface area contributed by atoms with Gasteiger partial charge in [0.2, 0.25) is 0 Å². The van der Waals surface area contributed by atoms with Gasteiger partial charge < -0.3 is 15.4 Å². The third-order valence-electron chi connectivity index (χ3n) is 4.30. The number of urea groups is 1. The highest BCUT2D eigenvalue weighted by Crippen LogP contribution is 2.02. The SMILES string of the molecule is CCCCCCn1ccc(NC(=O)NCCCCCCNC(=O)OCC)nc1=O. The molecule has 0 spiro atoms. The van der Waals surface area contributed by atoms with Gasteiger partial charge in [0.05, 0.1) is 6.61 Å². The van der Waals surface area contributed by atoms with Crippen LogP contribution in [0.5, 0.6) is 0 Å². The summed E-state index contributed by atoms with van der Waals surface area (Å²) in [6, 6.07) is 1.26. The average molecular weight is 410 g/mol. The maximum atomic E-state index is 12.0. The van der Waals surface area contributed by atoms with Crippen LogP contribution in [-0.2, 0) is 11.3 Å². The number of hydrogen-bond donors (Lipinski definition) is 3. The monoisotopic (exact) mass is 409 g/mol. The van der Waals surface area contributed by atoms with E-state index in [-0.39, 0.29) is 23.6 Å². The third-order valence-corrected chi connectivity index (χ3v) is 4.30. The van der Waals surface area contributed by atoms with Crippen LogP contribution in [-0.4, -0.2) is 41.4 Å². The summed E-state index contributed by atoms with van der Waals surface area (Å²) in [6.45, 7) is 6.04. The number of anilines is 1. The highest BCUT2D eigenvalue weighted by Gasteiger charge is 2.05. The van der Waals surface area contributed by atoms with Crippen LogP contribution >= 0.6 is 0 Å². The van der Waals surface area contributed by atoms with Gasteiger partial charge in [-0.05, 0) is 32.3 Å². The highest BCUT2D eigenvalue weighted by molar-refractivity contribution is 5.87. The molecule has 164 valence electrons. The van der Waals surface area contributed by atoms with Gasteiger partial charge in [-0.1, -0.05) is 39.0 Å². The molecule has 0 saturated heterocycles. The Morgan fingerprint density at radius 3 is 2.34 bits per heavy atom. The lowest BCUT2D eigenvalue weighted by molar-refractivity contribution is 0.152. The highest BCUT2D eigenvalue weighted by atomic mass is 16.5. The van der Waals surface area contributed by atoms with E-state index in [2.05, 4.69) is 27.9 Å². The molecule has 1 aromatic rings. The molecule has 0 fully saturated rings. The zero-order valence-electron chi connectivity index (χ0n) is 17.7. The topological polar surface area (TPSA) is 114 Å². The van der Waals surface area contributed by atoms with Crippen LogP contribution in [0.3, 0.4) is 0 Å². The minimum absolute atomic E-state index is 0.252. The van der Waals surface area contributed by atoms with E-state index in [4.69, 9.17) is 4.74 Å². The van der Waals surface area contributed by atoms with E-state index in [0.29, 0.717) is 26.2 Å². The number of aromatic nitrogens is 2. The molecule has 3 N–H and O–H groups in total. The molecule has 0 bridgehead atoms. The van der Waals surface area contributed by atoms with E-state index in [0.717, 1.165) is 51.4 Å². The van der Waals surface area contributed by atoms with E-state index in [1.807, 2.05) is 0 Å². The predicted molar refractivity (Wildman–Crippen MR) is 113 cm³/mol. The summed E-state index contributed by atoms with van der Waals surface area (Å²) in [6.07, 6.45) is 9.22. The fourth-order valence-corrected chi connectivity index (χ4v) is 2.72. The second-order valence-electron chi connectivity index (χ2n) is 6.79. The molecule has 3 amide bonds. The number of hydrogen-bond acceptors (Lipinski definition) is 5. The van der Waals surface area contributed by atoms with E-state index < -0.39 is 0 Å². The molecule has 0 aliphatic heterocycles. The molecule has 0 aliphatic rings. The van der Waals surface area contributed by atoms with Crippen LogP contribution in [0.15, 0.2) is 17.1 Å². The first kappa shape index (κ1) is 24.5. The van der Waals surface area contributed by atoms with Gasteiger partial charge in [0.1, 0.15) is 5.82 Å². The fraction of sp³-hybridized carbons (Fsp3) is 0.700. The summed E-state index contributed by atoms with van der Waals surface area (Å²) >= 11 is 0. The lowest BCUT2D eigenvalue weighted by Crippen LogP contribution is -2.31. The van der Waals surface area contributed by atoms with Gasteiger partial charge >= 0.3 is 17.8 Å². The first-order chi connectivity index (χ1) is 14.1. The zero-order valence-corrected chi connectivity index (χ0v) is 17.7. The van der Waals surface area contributed by atoms with Crippen molar-refractivity contribution in [3.05, 3.63) is 22.7 Å². The number of ether oxygens (including phenoxy) is 1. The molecule has 0 aromatic carbocycles. The van der Waals surface area contributed by atoms with Crippen molar-refractivity contribution in [2.24, 2.45) is 0 Å². The zero-order chi connectivity index (χ0) is 21.3. The maximum absolute atomic E-state index is 12.0. The maximum Gasteiger partial charge on any atom is 0.407 e. The predicted octanol–water partition coefficient (Wildman–Crippen LogP) is 3.25. The van der Waals surface area contributed by atoms with Gasteiger partial charge in [-0.3, -0.25) is 9.88 Å².